The second-order valence-electron chi connectivity index (χ2n) is 8.15. The van der Waals surface area contributed by atoms with Crippen molar-refractivity contribution < 1.29 is 4.74 Å². The highest BCUT2D eigenvalue weighted by molar-refractivity contribution is 5.79. The van der Waals surface area contributed by atoms with Gasteiger partial charge in [0.25, 0.3) is 5.56 Å². The minimum absolute atomic E-state index is 0.188. The Kier molecular flexibility index (Phi) is 5.67. The summed E-state index contributed by atoms with van der Waals surface area (Å²) in [7, 11) is 1.65. The van der Waals surface area contributed by atoms with Crippen molar-refractivity contribution in [3.05, 3.63) is 87.2 Å². The van der Waals surface area contributed by atoms with Gasteiger partial charge < -0.3 is 4.74 Å². The van der Waals surface area contributed by atoms with E-state index in [1.54, 1.807) is 7.05 Å². The minimum Gasteiger partial charge on any atom is -0.380 e. The molecule has 0 atom stereocenters. The van der Waals surface area contributed by atoms with Crippen molar-refractivity contribution in [3.8, 4) is 16.9 Å². The molecule has 0 unspecified atom stereocenters. The molecular formula is C26H27N5O3. The van der Waals surface area contributed by atoms with E-state index in [1.165, 1.54) is 9.13 Å². The van der Waals surface area contributed by atoms with Crippen LogP contribution in [0.1, 0.15) is 19.4 Å². The first-order chi connectivity index (χ1) is 16.6. The SMILES string of the molecule is CCOCCn1c(=O)c2c(nc3n(-c4ccccc4CC)c(-c4ccccc4)cn23)n(C)c1=O. The molecule has 0 saturated heterocycles. The number of para-hydroxylation sites is 1. The lowest BCUT2D eigenvalue weighted by Crippen LogP contribution is -2.40. The molecule has 0 bridgehead atoms. The van der Waals surface area contributed by atoms with E-state index < -0.39 is 5.69 Å². The lowest BCUT2D eigenvalue weighted by Gasteiger charge is -2.13. The van der Waals surface area contributed by atoms with Crippen LogP contribution in [0.15, 0.2) is 70.4 Å². The maximum absolute atomic E-state index is 13.5. The molecule has 5 rings (SSSR count). The van der Waals surface area contributed by atoms with Gasteiger partial charge in [0.1, 0.15) is 0 Å². The largest absolute Gasteiger partial charge is 0.380 e. The fourth-order valence-corrected chi connectivity index (χ4v) is 4.47. The summed E-state index contributed by atoms with van der Waals surface area (Å²) >= 11 is 0. The summed E-state index contributed by atoms with van der Waals surface area (Å²) in [4.78, 5) is 31.3. The zero-order valence-corrected chi connectivity index (χ0v) is 19.6. The number of hydrogen-bond acceptors (Lipinski definition) is 4. The van der Waals surface area contributed by atoms with Crippen molar-refractivity contribution >= 4 is 16.9 Å². The highest BCUT2D eigenvalue weighted by atomic mass is 16.5. The van der Waals surface area contributed by atoms with Crippen molar-refractivity contribution in [3.63, 3.8) is 0 Å². The zero-order valence-electron chi connectivity index (χ0n) is 19.6. The summed E-state index contributed by atoms with van der Waals surface area (Å²) in [5.74, 6) is 0.587. The van der Waals surface area contributed by atoms with Gasteiger partial charge in [0.2, 0.25) is 5.78 Å². The Morgan fingerprint density at radius 1 is 0.971 bits per heavy atom. The predicted molar refractivity (Wildman–Crippen MR) is 133 cm³/mol. The number of imidazole rings is 2. The van der Waals surface area contributed by atoms with Crippen LogP contribution in [0.3, 0.4) is 0 Å². The Bertz CT molecular complexity index is 1610. The first kappa shape index (κ1) is 21.9. The average Bonchev–Trinajstić information content (AvgIpc) is 3.42. The van der Waals surface area contributed by atoms with Gasteiger partial charge in [0.05, 0.1) is 24.5 Å². The van der Waals surface area contributed by atoms with Crippen molar-refractivity contribution in [1.29, 1.82) is 0 Å². The molecule has 2 aromatic carbocycles. The maximum Gasteiger partial charge on any atom is 0.332 e. The molecule has 174 valence electrons. The quantitative estimate of drug-likeness (QED) is 0.351. The topological polar surface area (TPSA) is 75.5 Å². The van der Waals surface area contributed by atoms with Crippen molar-refractivity contribution in [2.45, 2.75) is 26.8 Å². The van der Waals surface area contributed by atoms with Crippen LogP contribution >= 0.6 is 0 Å². The number of benzene rings is 2. The Hall–Kier alpha value is -3.91. The number of rotatable bonds is 7. The fraction of sp³-hybridized carbons (Fsp3) is 0.269. The fourth-order valence-electron chi connectivity index (χ4n) is 4.47. The average molecular weight is 458 g/mol. The van der Waals surface area contributed by atoms with Crippen LogP contribution < -0.4 is 11.2 Å². The first-order valence-corrected chi connectivity index (χ1v) is 11.5. The monoisotopic (exact) mass is 457 g/mol. The van der Waals surface area contributed by atoms with E-state index in [-0.39, 0.29) is 12.1 Å². The molecule has 0 N–H and O–H groups in total. The second-order valence-corrected chi connectivity index (χ2v) is 8.15. The van der Waals surface area contributed by atoms with Gasteiger partial charge in [-0.25, -0.2) is 4.79 Å². The Morgan fingerprint density at radius 3 is 2.44 bits per heavy atom. The Balaban J connectivity index is 1.88. The molecule has 3 heterocycles. The summed E-state index contributed by atoms with van der Waals surface area (Å²) in [6.07, 6.45) is 2.78. The van der Waals surface area contributed by atoms with Gasteiger partial charge in [-0.1, -0.05) is 55.5 Å². The molecule has 34 heavy (non-hydrogen) atoms. The van der Waals surface area contributed by atoms with Gasteiger partial charge >= 0.3 is 5.69 Å². The highest BCUT2D eigenvalue weighted by Gasteiger charge is 2.23. The number of ether oxygens (including phenoxy) is 1. The van der Waals surface area contributed by atoms with E-state index in [0.717, 1.165) is 28.9 Å². The van der Waals surface area contributed by atoms with Crippen molar-refractivity contribution in [2.75, 3.05) is 13.2 Å². The van der Waals surface area contributed by atoms with Crippen molar-refractivity contribution in [1.82, 2.24) is 23.1 Å². The molecule has 8 nitrogen and oxygen atoms in total. The normalized spacial score (nSPS) is 11.6. The van der Waals surface area contributed by atoms with Crippen LogP contribution in [0, 0.1) is 0 Å². The zero-order chi connectivity index (χ0) is 23.8. The molecule has 5 aromatic rings. The summed E-state index contributed by atoms with van der Waals surface area (Å²) in [6.45, 7) is 5.00. The number of fused-ring (bicyclic) bond motifs is 3. The standard InChI is InChI=1S/C26H27N5O3/c1-4-18-11-9-10-14-20(18)31-21(19-12-7-6-8-13-19)17-30-22-23(27-25(30)31)28(3)26(33)29(24(22)32)15-16-34-5-2/h6-14,17H,4-5,15-16H2,1-3H3. The van der Waals surface area contributed by atoms with E-state index in [1.807, 2.05) is 60.0 Å². The molecule has 8 heteroatoms. The van der Waals surface area contributed by atoms with Crippen LogP contribution in [0.4, 0.5) is 0 Å². The molecule has 0 radical (unpaired) electrons. The highest BCUT2D eigenvalue weighted by Crippen LogP contribution is 2.30. The molecule has 0 aliphatic heterocycles. The third kappa shape index (κ3) is 3.38. The molecule has 0 fully saturated rings. The van der Waals surface area contributed by atoms with Crippen molar-refractivity contribution in [2.24, 2.45) is 7.05 Å². The molecule has 0 saturated carbocycles. The van der Waals surface area contributed by atoms with Gasteiger partial charge in [-0.2, -0.15) is 4.98 Å². The number of hydrogen-bond donors (Lipinski definition) is 0. The molecule has 0 amide bonds. The van der Waals surface area contributed by atoms with Gasteiger partial charge in [-0.15, -0.1) is 0 Å². The lowest BCUT2D eigenvalue weighted by atomic mass is 10.1. The third-order valence-corrected chi connectivity index (χ3v) is 6.20. The minimum atomic E-state index is -0.401. The maximum atomic E-state index is 13.5. The van der Waals surface area contributed by atoms with Crippen LogP contribution in [0.5, 0.6) is 0 Å². The summed E-state index contributed by atoms with van der Waals surface area (Å²) < 4.78 is 11.9. The van der Waals surface area contributed by atoms with Gasteiger partial charge in [-0.3, -0.25) is 22.9 Å². The summed E-state index contributed by atoms with van der Waals surface area (Å²) in [6, 6.07) is 18.2. The first-order valence-electron chi connectivity index (χ1n) is 11.5. The van der Waals surface area contributed by atoms with Crippen LogP contribution in [0.2, 0.25) is 0 Å². The van der Waals surface area contributed by atoms with Crippen LogP contribution in [-0.2, 0) is 24.8 Å². The molecule has 3 aromatic heterocycles. The van der Waals surface area contributed by atoms with Crippen LogP contribution in [-0.4, -0.2) is 36.3 Å². The van der Waals surface area contributed by atoms with E-state index >= 15 is 0 Å². The van der Waals surface area contributed by atoms with Gasteiger partial charge in [-0.05, 0) is 25.0 Å². The predicted octanol–water partition coefficient (Wildman–Crippen LogP) is 3.40. The van der Waals surface area contributed by atoms with Crippen LogP contribution in [0.25, 0.3) is 33.9 Å². The Labute approximate surface area is 196 Å². The second kappa shape index (κ2) is 8.79. The number of aromatic nitrogens is 5. The third-order valence-electron chi connectivity index (χ3n) is 6.20. The molecule has 0 spiro atoms. The van der Waals surface area contributed by atoms with Gasteiger partial charge in [0.15, 0.2) is 11.2 Å². The van der Waals surface area contributed by atoms with E-state index in [4.69, 9.17) is 9.72 Å². The van der Waals surface area contributed by atoms with E-state index in [0.29, 0.717) is 30.2 Å². The number of nitrogens with zero attached hydrogens (tertiary/aromatic N) is 5. The van der Waals surface area contributed by atoms with Gasteiger partial charge in [0, 0.05) is 25.4 Å². The van der Waals surface area contributed by atoms with E-state index in [9.17, 15) is 9.59 Å². The number of aryl methyl sites for hydroxylation is 2. The summed E-state index contributed by atoms with van der Waals surface area (Å²) in [5.41, 5.74) is 4.04. The molecule has 0 aliphatic carbocycles. The molecular weight excluding hydrogens is 430 g/mol. The lowest BCUT2D eigenvalue weighted by molar-refractivity contribution is 0.137. The molecule has 0 aliphatic rings. The summed E-state index contributed by atoms with van der Waals surface area (Å²) in [5, 5.41) is 0. The smallest absolute Gasteiger partial charge is 0.332 e. The van der Waals surface area contributed by atoms with E-state index in [2.05, 4.69) is 23.6 Å². The Morgan fingerprint density at radius 2 is 1.71 bits per heavy atom.